The molecule has 0 bridgehead atoms. The SMILES string of the molecule is CC(=O)CC1CCCN1C(=O)Nc1ccc(F)cc1. The molecule has 2 rings (SSSR count). The molecule has 5 heteroatoms. The first-order valence-electron chi connectivity index (χ1n) is 6.39. The van der Waals surface area contributed by atoms with Gasteiger partial charge in [-0.25, -0.2) is 9.18 Å². The molecular weight excluding hydrogens is 247 g/mol. The van der Waals surface area contributed by atoms with Crippen molar-refractivity contribution in [2.45, 2.75) is 32.2 Å². The Bertz CT molecular complexity index is 473. The lowest BCUT2D eigenvalue weighted by Gasteiger charge is -2.24. The Morgan fingerprint density at radius 1 is 1.37 bits per heavy atom. The minimum Gasteiger partial charge on any atom is -0.321 e. The van der Waals surface area contributed by atoms with Crippen molar-refractivity contribution in [2.24, 2.45) is 0 Å². The number of ketones is 1. The number of carbonyl (C=O) groups excluding carboxylic acids is 2. The van der Waals surface area contributed by atoms with Gasteiger partial charge in [0.2, 0.25) is 0 Å². The number of benzene rings is 1. The summed E-state index contributed by atoms with van der Waals surface area (Å²) in [5, 5.41) is 2.72. The van der Waals surface area contributed by atoms with Crippen LogP contribution in [-0.2, 0) is 4.79 Å². The summed E-state index contributed by atoms with van der Waals surface area (Å²) in [6, 6.07) is 5.39. The van der Waals surface area contributed by atoms with Crippen molar-refractivity contribution in [3.05, 3.63) is 30.1 Å². The molecule has 1 aliphatic heterocycles. The van der Waals surface area contributed by atoms with Crippen LogP contribution < -0.4 is 5.32 Å². The molecule has 1 fully saturated rings. The predicted molar refractivity (Wildman–Crippen MR) is 70.4 cm³/mol. The standard InChI is InChI=1S/C14H17FN2O2/c1-10(18)9-13-3-2-8-17(13)14(19)16-12-6-4-11(15)5-7-12/h4-7,13H,2-3,8-9H2,1H3,(H,16,19). The lowest BCUT2D eigenvalue weighted by molar-refractivity contribution is -0.117. The average Bonchev–Trinajstić information content (AvgIpc) is 2.79. The minimum atomic E-state index is -0.339. The van der Waals surface area contributed by atoms with E-state index < -0.39 is 0 Å². The Morgan fingerprint density at radius 3 is 2.68 bits per heavy atom. The minimum absolute atomic E-state index is 0.0158. The second kappa shape index (κ2) is 5.82. The van der Waals surface area contributed by atoms with Crippen molar-refractivity contribution in [1.82, 2.24) is 4.90 Å². The highest BCUT2D eigenvalue weighted by Crippen LogP contribution is 2.21. The van der Waals surface area contributed by atoms with E-state index in [0.29, 0.717) is 18.7 Å². The summed E-state index contributed by atoms with van der Waals surface area (Å²) in [6.07, 6.45) is 2.17. The van der Waals surface area contributed by atoms with Gasteiger partial charge < -0.3 is 10.2 Å². The monoisotopic (exact) mass is 264 g/mol. The van der Waals surface area contributed by atoms with Gasteiger partial charge in [-0.2, -0.15) is 0 Å². The van der Waals surface area contributed by atoms with Crippen molar-refractivity contribution in [2.75, 3.05) is 11.9 Å². The highest BCUT2D eigenvalue weighted by molar-refractivity contribution is 5.90. The van der Waals surface area contributed by atoms with Gasteiger partial charge in [-0.15, -0.1) is 0 Å². The largest absolute Gasteiger partial charge is 0.322 e. The molecule has 0 saturated carbocycles. The Balaban J connectivity index is 1.98. The second-order valence-corrected chi connectivity index (χ2v) is 4.83. The van der Waals surface area contributed by atoms with E-state index in [1.165, 1.54) is 31.2 Å². The van der Waals surface area contributed by atoms with E-state index in [-0.39, 0.29) is 23.7 Å². The molecule has 1 aromatic carbocycles. The molecule has 0 aromatic heterocycles. The lowest BCUT2D eigenvalue weighted by Crippen LogP contribution is -2.39. The lowest BCUT2D eigenvalue weighted by atomic mass is 10.1. The third kappa shape index (κ3) is 3.53. The fourth-order valence-corrected chi connectivity index (χ4v) is 2.38. The molecule has 4 nitrogen and oxygen atoms in total. The van der Waals surface area contributed by atoms with Gasteiger partial charge >= 0.3 is 6.03 Å². The number of hydrogen-bond donors (Lipinski definition) is 1. The van der Waals surface area contributed by atoms with E-state index in [2.05, 4.69) is 5.32 Å². The molecule has 2 amide bonds. The van der Waals surface area contributed by atoms with Crippen LogP contribution >= 0.6 is 0 Å². The molecule has 0 radical (unpaired) electrons. The van der Waals surface area contributed by atoms with Crippen LogP contribution in [0.25, 0.3) is 0 Å². The molecule has 1 heterocycles. The van der Waals surface area contributed by atoms with Gasteiger partial charge in [0, 0.05) is 24.7 Å². The topological polar surface area (TPSA) is 49.4 Å². The molecule has 1 saturated heterocycles. The van der Waals surface area contributed by atoms with E-state index in [9.17, 15) is 14.0 Å². The Morgan fingerprint density at radius 2 is 2.05 bits per heavy atom. The molecule has 1 aliphatic rings. The number of anilines is 1. The second-order valence-electron chi connectivity index (χ2n) is 4.83. The normalized spacial score (nSPS) is 18.4. The number of urea groups is 1. The van der Waals surface area contributed by atoms with Gasteiger partial charge in [-0.1, -0.05) is 0 Å². The maximum Gasteiger partial charge on any atom is 0.322 e. The quantitative estimate of drug-likeness (QED) is 0.912. The summed E-state index contributed by atoms with van der Waals surface area (Å²) in [7, 11) is 0. The van der Waals surface area contributed by atoms with Crippen molar-refractivity contribution in [1.29, 1.82) is 0 Å². The fraction of sp³-hybridized carbons (Fsp3) is 0.429. The van der Waals surface area contributed by atoms with Crippen LogP contribution in [0.3, 0.4) is 0 Å². The van der Waals surface area contributed by atoms with E-state index in [4.69, 9.17) is 0 Å². The highest BCUT2D eigenvalue weighted by atomic mass is 19.1. The first-order chi connectivity index (χ1) is 9.06. The third-order valence-corrected chi connectivity index (χ3v) is 3.26. The van der Waals surface area contributed by atoms with Crippen molar-refractivity contribution in [3.8, 4) is 0 Å². The predicted octanol–water partition coefficient (Wildman–Crippen LogP) is 2.80. The molecule has 0 spiro atoms. The Labute approximate surface area is 111 Å². The molecule has 1 atom stereocenters. The summed E-state index contributed by atoms with van der Waals surface area (Å²) < 4.78 is 12.8. The Kier molecular flexibility index (Phi) is 4.14. The zero-order chi connectivity index (χ0) is 13.8. The van der Waals surface area contributed by atoms with E-state index in [1.807, 2.05) is 0 Å². The van der Waals surface area contributed by atoms with Crippen molar-refractivity contribution >= 4 is 17.5 Å². The highest BCUT2D eigenvalue weighted by Gasteiger charge is 2.29. The van der Waals surface area contributed by atoms with Crippen LogP contribution in [-0.4, -0.2) is 29.3 Å². The van der Waals surface area contributed by atoms with Gasteiger partial charge in [0.05, 0.1) is 0 Å². The van der Waals surface area contributed by atoms with E-state index >= 15 is 0 Å². The fourth-order valence-electron chi connectivity index (χ4n) is 2.38. The van der Waals surface area contributed by atoms with E-state index in [1.54, 1.807) is 4.90 Å². The number of likely N-dealkylation sites (tertiary alicyclic amines) is 1. The number of halogens is 1. The summed E-state index contributed by atoms with van der Waals surface area (Å²) in [5.41, 5.74) is 0.555. The van der Waals surface area contributed by atoms with Crippen LogP contribution in [0.15, 0.2) is 24.3 Å². The van der Waals surface area contributed by atoms with Gasteiger partial charge in [0.25, 0.3) is 0 Å². The molecule has 102 valence electrons. The summed E-state index contributed by atoms with van der Waals surface area (Å²) >= 11 is 0. The number of Topliss-reactive ketones (excluding diaryl/α,β-unsaturated/α-hetero) is 1. The average molecular weight is 264 g/mol. The molecule has 1 N–H and O–H groups in total. The Hall–Kier alpha value is -1.91. The summed E-state index contributed by atoms with van der Waals surface area (Å²) in [6.45, 7) is 2.19. The third-order valence-electron chi connectivity index (χ3n) is 3.26. The maximum atomic E-state index is 12.8. The first-order valence-corrected chi connectivity index (χ1v) is 6.39. The van der Waals surface area contributed by atoms with Crippen molar-refractivity contribution in [3.63, 3.8) is 0 Å². The zero-order valence-electron chi connectivity index (χ0n) is 10.9. The summed E-state index contributed by atoms with van der Waals surface area (Å²) in [4.78, 5) is 25.0. The number of nitrogens with one attached hydrogen (secondary N) is 1. The number of nitrogens with zero attached hydrogens (tertiary/aromatic N) is 1. The number of hydrogen-bond acceptors (Lipinski definition) is 2. The van der Waals surface area contributed by atoms with Gasteiger partial charge in [-0.3, -0.25) is 4.79 Å². The molecule has 1 unspecified atom stereocenters. The molecule has 0 aliphatic carbocycles. The van der Waals surface area contributed by atoms with Crippen LogP contribution in [0.2, 0.25) is 0 Å². The van der Waals surface area contributed by atoms with Crippen LogP contribution in [0.4, 0.5) is 14.9 Å². The van der Waals surface area contributed by atoms with Gasteiger partial charge in [0.1, 0.15) is 11.6 Å². The molecular formula is C14H17FN2O2. The first kappa shape index (κ1) is 13.5. The maximum absolute atomic E-state index is 12.8. The number of rotatable bonds is 3. The van der Waals surface area contributed by atoms with Crippen LogP contribution in [0, 0.1) is 5.82 Å². The van der Waals surface area contributed by atoms with Crippen LogP contribution in [0.1, 0.15) is 26.2 Å². The number of carbonyl (C=O) groups is 2. The van der Waals surface area contributed by atoms with Crippen LogP contribution in [0.5, 0.6) is 0 Å². The number of amides is 2. The molecule has 19 heavy (non-hydrogen) atoms. The zero-order valence-corrected chi connectivity index (χ0v) is 10.9. The smallest absolute Gasteiger partial charge is 0.321 e. The van der Waals surface area contributed by atoms with Gasteiger partial charge in [0.15, 0.2) is 0 Å². The van der Waals surface area contributed by atoms with Crippen molar-refractivity contribution < 1.29 is 14.0 Å². The summed E-state index contributed by atoms with van der Waals surface area (Å²) in [5.74, 6) is -0.250. The molecule has 1 aromatic rings. The van der Waals surface area contributed by atoms with E-state index in [0.717, 1.165) is 12.8 Å². The van der Waals surface area contributed by atoms with Gasteiger partial charge in [-0.05, 0) is 44.0 Å².